The van der Waals surface area contributed by atoms with Crippen LogP contribution in [0.4, 0.5) is 24.5 Å². The lowest BCUT2D eigenvalue weighted by molar-refractivity contribution is 0.511. The van der Waals surface area contributed by atoms with E-state index in [4.69, 9.17) is 0 Å². The molecule has 0 unspecified atom stereocenters. The predicted molar refractivity (Wildman–Crippen MR) is 68.5 cm³/mol. The summed E-state index contributed by atoms with van der Waals surface area (Å²) in [5, 5.41) is 2.57. The highest BCUT2D eigenvalue weighted by Gasteiger charge is 2.13. The van der Waals surface area contributed by atoms with E-state index in [-0.39, 0.29) is 11.4 Å². The standard InChI is InChI=1S/C13H9BrF3N/c1-7-2-4-9(15)12(17)13(7)18-11-5-3-8(14)6-10(11)16/h2-6,18H,1H3. The van der Waals surface area contributed by atoms with Gasteiger partial charge in [-0.1, -0.05) is 22.0 Å². The third-order valence-corrected chi connectivity index (χ3v) is 2.99. The van der Waals surface area contributed by atoms with E-state index in [2.05, 4.69) is 21.2 Å². The number of halogens is 4. The first-order chi connectivity index (χ1) is 8.49. The molecule has 0 aliphatic rings. The monoisotopic (exact) mass is 315 g/mol. The van der Waals surface area contributed by atoms with Crippen LogP contribution in [0.5, 0.6) is 0 Å². The maximum absolute atomic E-state index is 13.6. The van der Waals surface area contributed by atoms with Crippen LogP contribution in [0.25, 0.3) is 0 Å². The van der Waals surface area contributed by atoms with Crippen molar-refractivity contribution < 1.29 is 13.2 Å². The Morgan fingerprint density at radius 3 is 2.39 bits per heavy atom. The zero-order chi connectivity index (χ0) is 13.3. The molecule has 18 heavy (non-hydrogen) atoms. The fourth-order valence-electron chi connectivity index (χ4n) is 1.53. The molecule has 0 atom stereocenters. The summed E-state index contributed by atoms with van der Waals surface area (Å²) in [5.41, 5.74) is 0.526. The smallest absolute Gasteiger partial charge is 0.182 e. The van der Waals surface area contributed by atoms with Gasteiger partial charge in [-0.2, -0.15) is 0 Å². The van der Waals surface area contributed by atoms with Gasteiger partial charge in [-0.3, -0.25) is 0 Å². The Balaban J connectivity index is 2.43. The number of hydrogen-bond acceptors (Lipinski definition) is 1. The average molecular weight is 316 g/mol. The highest BCUT2D eigenvalue weighted by molar-refractivity contribution is 9.10. The number of nitrogens with one attached hydrogen (secondary N) is 1. The first kappa shape index (κ1) is 13.0. The molecule has 0 aliphatic heterocycles. The summed E-state index contributed by atoms with van der Waals surface area (Å²) in [5.74, 6) is -2.54. The first-order valence-electron chi connectivity index (χ1n) is 5.15. The van der Waals surface area contributed by atoms with Gasteiger partial charge in [0.25, 0.3) is 0 Å². The van der Waals surface area contributed by atoms with Crippen molar-refractivity contribution in [3.05, 3.63) is 57.8 Å². The van der Waals surface area contributed by atoms with Gasteiger partial charge in [0.2, 0.25) is 0 Å². The summed E-state index contributed by atoms with van der Waals surface area (Å²) in [4.78, 5) is 0. The van der Waals surface area contributed by atoms with E-state index in [0.29, 0.717) is 10.0 Å². The summed E-state index contributed by atoms with van der Waals surface area (Å²) >= 11 is 3.12. The maximum atomic E-state index is 13.6. The number of rotatable bonds is 2. The molecule has 0 radical (unpaired) electrons. The molecule has 94 valence electrons. The van der Waals surface area contributed by atoms with E-state index in [1.807, 2.05) is 0 Å². The normalized spacial score (nSPS) is 10.5. The minimum atomic E-state index is -1.02. The van der Waals surface area contributed by atoms with Gasteiger partial charge in [0.1, 0.15) is 5.82 Å². The molecule has 0 aromatic heterocycles. The molecule has 1 nitrogen and oxygen atoms in total. The Morgan fingerprint density at radius 2 is 1.72 bits per heavy atom. The van der Waals surface area contributed by atoms with Crippen molar-refractivity contribution in [3.8, 4) is 0 Å². The van der Waals surface area contributed by atoms with E-state index in [1.54, 1.807) is 13.0 Å². The molecule has 0 spiro atoms. The molecule has 0 saturated carbocycles. The highest BCUT2D eigenvalue weighted by atomic mass is 79.9. The van der Waals surface area contributed by atoms with E-state index in [0.717, 1.165) is 6.07 Å². The van der Waals surface area contributed by atoms with Crippen LogP contribution >= 0.6 is 15.9 Å². The van der Waals surface area contributed by atoms with Gasteiger partial charge >= 0.3 is 0 Å². The minimum Gasteiger partial charge on any atom is -0.350 e. The van der Waals surface area contributed by atoms with Crippen molar-refractivity contribution in [1.82, 2.24) is 0 Å². The second-order valence-electron chi connectivity index (χ2n) is 3.80. The van der Waals surface area contributed by atoms with Crippen LogP contribution in [-0.4, -0.2) is 0 Å². The number of hydrogen-bond donors (Lipinski definition) is 1. The summed E-state index contributed by atoms with van der Waals surface area (Å²) in [6.07, 6.45) is 0. The summed E-state index contributed by atoms with van der Waals surface area (Å²) in [7, 11) is 0. The third kappa shape index (κ3) is 2.51. The molecule has 1 N–H and O–H groups in total. The summed E-state index contributed by atoms with van der Waals surface area (Å²) < 4.78 is 40.9. The molecule has 2 aromatic rings. The molecular weight excluding hydrogens is 307 g/mol. The van der Waals surface area contributed by atoms with Crippen molar-refractivity contribution in [3.63, 3.8) is 0 Å². The number of aryl methyl sites for hydroxylation is 1. The Kier molecular flexibility index (Phi) is 3.61. The molecule has 0 heterocycles. The minimum absolute atomic E-state index is 0.0591. The SMILES string of the molecule is Cc1ccc(F)c(F)c1Nc1ccc(Br)cc1F. The molecule has 0 fully saturated rings. The molecular formula is C13H9BrF3N. The fourth-order valence-corrected chi connectivity index (χ4v) is 1.86. The van der Waals surface area contributed by atoms with Gasteiger partial charge in [-0.15, -0.1) is 0 Å². The maximum Gasteiger partial charge on any atom is 0.182 e. The molecule has 2 aromatic carbocycles. The van der Waals surface area contributed by atoms with Crippen molar-refractivity contribution in [2.45, 2.75) is 6.92 Å². The van der Waals surface area contributed by atoms with Crippen LogP contribution in [-0.2, 0) is 0 Å². The van der Waals surface area contributed by atoms with Gasteiger partial charge in [0.15, 0.2) is 11.6 Å². The van der Waals surface area contributed by atoms with Crippen LogP contribution in [0.15, 0.2) is 34.8 Å². The zero-order valence-corrected chi connectivity index (χ0v) is 11.0. The van der Waals surface area contributed by atoms with E-state index in [9.17, 15) is 13.2 Å². The van der Waals surface area contributed by atoms with Crippen LogP contribution in [0.3, 0.4) is 0 Å². The van der Waals surface area contributed by atoms with E-state index < -0.39 is 17.5 Å². The number of anilines is 2. The molecule has 5 heteroatoms. The zero-order valence-electron chi connectivity index (χ0n) is 9.40. The summed E-state index contributed by atoms with van der Waals surface area (Å²) in [6, 6.07) is 6.77. The quantitative estimate of drug-likeness (QED) is 0.829. The lowest BCUT2D eigenvalue weighted by Crippen LogP contribution is -2.00. The fraction of sp³-hybridized carbons (Fsp3) is 0.0769. The topological polar surface area (TPSA) is 12.0 Å². The van der Waals surface area contributed by atoms with E-state index >= 15 is 0 Å². The molecule has 0 bridgehead atoms. The Bertz CT molecular complexity index is 599. The van der Waals surface area contributed by atoms with Gasteiger partial charge < -0.3 is 5.32 Å². The Hall–Kier alpha value is -1.49. The largest absolute Gasteiger partial charge is 0.350 e. The summed E-state index contributed by atoms with van der Waals surface area (Å²) in [6.45, 7) is 1.61. The van der Waals surface area contributed by atoms with E-state index in [1.165, 1.54) is 18.2 Å². The molecule has 0 aliphatic carbocycles. The van der Waals surface area contributed by atoms with Gasteiger partial charge in [0, 0.05) is 4.47 Å². The Morgan fingerprint density at radius 1 is 1.00 bits per heavy atom. The first-order valence-corrected chi connectivity index (χ1v) is 5.95. The Labute approximate surface area is 111 Å². The van der Waals surface area contributed by atoms with Gasteiger partial charge in [0.05, 0.1) is 11.4 Å². The van der Waals surface area contributed by atoms with Crippen LogP contribution in [0.2, 0.25) is 0 Å². The van der Waals surface area contributed by atoms with Crippen LogP contribution in [0.1, 0.15) is 5.56 Å². The van der Waals surface area contributed by atoms with Crippen molar-refractivity contribution in [1.29, 1.82) is 0 Å². The third-order valence-electron chi connectivity index (χ3n) is 2.49. The second kappa shape index (κ2) is 5.02. The second-order valence-corrected chi connectivity index (χ2v) is 4.72. The average Bonchev–Trinajstić information content (AvgIpc) is 2.32. The van der Waals surface area contributed by atoms with Crippen molar-refractivity contribution in [2.24, 2.45) is 0 Å². The van der Waals surface area contributed by atoms with Crippen molar-refractivity contribution in [2.75, 3.05) is 5.32 Å². The molecule has 0 saturated heterocycles. The van der Waals surface area contributed by atoms with Crippen LogP contribution in [0, 0.1) is 24.4 Å². The highest BCUT2D eigenvalue weighted by Crippen LogP contribution is 2.28. The van der Waals surface area contributed by atoms with Gasteiger partial charge in [-0.05, 0) is 36.8 Å². The van der Waals surface area contributed by atoms with Gasteiger partial charge in [-0.25, -0.2) is 13.2 Å². The van der Waals surface area contributed by atoms with Crippen LogP contribution < -0.4 is 5.32 Å². The number of benzene rings is 2. The lowest BCUT2D eigenvalue weighted by Gasteiger charge is -2.12. The van der Waals surface area contributed by atoms with Crippen molar-refractivity contribution >= 4 is 27.3 Å². The predicted octanol–water partition coefficient (Wildman–Crippen LogP) is 4.92. The molecule has 2 rings (SSSR count). The molecule has 0 amide bonds. The lowest BCUT2D eigenvalue weighted by atomic mass is 10.1.